The van der Waals surface area contributed by atoms with Crippen LogP contribution in [-0.4, -0.2) is 42.6 Å². The average Bonchev–Trinajstić information content (AvgIpc) is 2.94. The van der Waals surface area contributed by atoms with Crippen molar-refractivity contribution in [3.63, 3.8) is 0 Å². The van der Waals surface area contributed by atoms with E-state index in [1.54, 1.807) is 5.48 Å². The number of hydrogen-bond donors (Lipinski definition) is 4. The van der Waals surface area contributed by atoms with E-state index in [1.165, 1.54) is 18.2 Å². The fraction of sp³-hybridized carbons (Fsp3) is 0.500. The average molecular weight is 524 g/mol. The van der Waals surface area contributed by atoms with Crippen molar-refractivity contribution < 1.29 is 24.3 Å². The summed E-state index contributed by atoms with van der Waals surface area (Å²) in [5, 5.41) is 15.0. The molecule has 0 fully saturated rings. The van der Waals surface area contributed by atoms with Crippen molar-refractivity contribution in [1.82, 2.24) is 16.1 Å². The van der Waals surface area contributed by atoms with Crippen LogP contribution < -0.4 is 20.9 Å². The van der Waals surface area contributed by atoms with Gasteiger partial charge in [0.05, 0.1) is 12.5 Å². The van der Waals surface area contributed by atoms with Gasteiger partial charge >= 0.3 is 0 Å². The third-order valence-corrected chi connectivity index (χ3v) is 7.23. The molecule has 206 valence electrons. The standard InChI is InChI=1S/C30H41N3O5/c1-3-7-21-11-13-22(14-12-21)8-6-10-25-26(29(35)33-37)9-4-5-19-38-24-17-15-23(16-18-24)20-27(30(36)31-2)32-28(25)34/h11-18,25-27,37H,3-10,19-20H2,1-2H3,(H,31,36)(H,32,34)(H,33,35)/t25-,26+,27+/m1/s1. The molecular weight excluding hydrogens is 482 g/mol. The maximum Gasteiger partial charge on any atom is 0.247 e. The van der Waals surface area contributed by atoms with Gasteiger partial charge in [-0.2, -0.15) is 0 Å². The summed E-state index contributed by atoms with van der Waals surface area (Å²) in [6, 6.07) is 15.2. The molecule has 3 atom stereocenters. The number of amides is 3. The number of benzene rings is 2. The third kappa shape index (κ3) is 8.58. The molecule has 4 rings (SSSR count). The van der Waals surface area contributed by atoms with Crippen LogP contribution in [0.4, 0.5) is 0 Å². The maximum absolute atomic E-state index is 13.7. The predicted molar refractivity (Wildman–Crippen MR) is 146 cm³/mol. The Bertz CT molecular complexity index is 1040. The van der Waals surface area contributed by atoms with Gasteiger partial charge in [-0.15, -0.1) is 0 Å². The fourth-order valence-corrected chi connectivity index (χ4v) is 5.08. The molecule has 0 radical (unpaired) electrons. The molecule has 4 N–H and O–H groups in total. The second-order valence-electron chi connectivity index (χ2n) is 10.0. The van der Waals surface area contributed by atoms with Crippen LogP contribution in [0.1, 0.15) is 62.1 Å². The van der Waals surface area contributed by atoms with E-state index < -0.39 is 23.8 Å². The van der Waals surface area contributed by atoms with E-state index in [0.717, 1.165) is 30.6 Å². The van der Waals surface area contributed by atoms with Gasteiger partial charge in [0.2, 0.25) is 17.7 Å². The van der Waals surface area contributed by atoms with Crippen LogP contribution in [-0.2, 0) is 33.6 Å². The summed E-state index contributed by atoms with van der Waals surface area (Å²) in [7, 11) is 1.53. The minimum atomic E-state index is -0.796. The molecule has 0 aliphatic carbocycles. The number of hydroxylamine groups is 1. The first-order valence-corrected chi connectivity index (χ1v) is 13.7. The highest BCUT2D eigenvalue weighted by Gasteiger charge is 2.35. The van der Waals surface area contributed by atoms with Gasteiger partial charge < -0.3 is 15.4 Å². The lowest BCUT2D eigenvalue weighted by molar-refractivity contribution is -0.141. The van der Waals surface area contributed by atoms with E-state index in [-0.39, 0.29) is 11.8 Å². The van der Waals surface area contributed by atoms with Gasteiger partial charge in [0, 0.05) is 19.4 Å². The first-order chi connectivity index (χ1) is 18.4. The Balaban J connectivity index is 1.81. The normalized spacial score (nSPS) is 20.4. The number of nitrogens with one attached hydrogen (secondary N) is 3. The molecule has 2 bridgehead atoms. The van der Waals surface area contributed by atoms with Gasteiger partial charge in [0.25, 0.3) is 0 Å². The lowest BCUT2D eigenvalue weighted by Gasteiger charge is -2.27. The van der Waals surface area contributed by atoms with E-state index in [4.69, 9.17) is 4.74 Å². The van der Waals surface area contributed by atoms with Crippen LogP contribution >= 0.6 is 0 Å². The number of hydrogen-bond acceptors (Lipinski definition) is 5. The Morgan fingerprint density at radius 1 is 1.00 bits per heavy atom. The van der Waals surface area contributed by atoms with Crippen molar-refractivity contribution in [2.24, 2.45) is 11.8 Å². The van der Waals surface area contributed by atoms with E-state index in [9.17, 15) is 19.6 Å². The Morgan fingerprint density at radius 3 is 2.32 bits per heavy atom. The molecule has 0 unspecified atom stereocenters. The van der Waals surface area contributed by atoms with Crippen molar-refractivity contribution >= 4 is 17.7 Å². The van der Waals surface area contributed by atoms with Crippen LogP contribution in [0.3, 0.4) is 0 Å². The van der Waals surface area contributed by atoms with Crippen molar-refractivity contribution in [2.45, 2.75) is 70.8 Å². The number of rotatable bonds is 8. The molecule has 2 aromatic rings. The van der Waals surface area contributed by atoms with Crippen LogP contribution in [0.25, 0.3) is 0 Å². The molecule has 0 spiro atoms. The van der Waals surface area contributed by atoms with Gasteiger partial charge in [0.15, 0.2) is 0 Å². The number of aryl methyl sites for hydroxylation is 2. The van der Waals surface area contributed by atoms with Crippen molar-refractivity contribution in [1.29, 1.82) is 0 Å². The minimum Gasteiger partial charge on any atom is -0.494 e. The van der Waals surface area contributed by atoms with Crippen LogP contribution in [0, 0.1) is 11.8 Å². The summed E-state index contributed by atoms with van der Waals surface area (Å²) in [4.78, 5) is 39.1. The quantitative estimate of drug-likeness (QED) is 0.311. The lowest BCUT2D eigenvalue weighted by atomic mass is 9.82. The topological polar surface area (TPSA) is 117 Å². The molecule has 0 saturated carbocycles. The number of carbonyl (C=O) groups excluding carboxylic acids is 3. The van der Waals surface area contributed by atoms with Crippen LogP contribution in [0.2, 0.25) is 0 Å². The van der Waals surface area contributed by atoms with Gasteiger partial charge in [-0.05, 0) is 73.8 Å². The van der Waals surface area contributed by atoms with Gasteiger partial charge in [0.1, 0.15) is 11.8 Å². The zero-order chi connectivity index (χ0) is 27.3. The largest absolute Gasteiger partial charge is 0.494 e. The zero-order valence-electron chi connectivity index (χ0n) is 22.5. The molecule has 2 aliphatic heterocycles. The first-order valence-electron chi connectivity index (χ1n) is 13.7. The van der Waals surface area contributed by atoms with E-state index in [1.807, 2.05) is 24.3 Å². The van der Waals surface area contributed by atoms with Gasteiger partial charge in [-0.3, -0.25) is 19.6 Å². The Labute approximate surface area is 225 Å². The summed E-state index contributed by atoms with van der Waals surface area (Å²) in [5.41, 5.74) is 5.13. The molecule has 2 aliphatic rings. The second-order valence-corrected chi connectivity index (χ2v) is 10.0. The molecule has 2 aromatic carbocycles. The summed E-state index contributed by atoms with van der Waals surface area (Å²) < 4.78 is 5.83. The molecule has 0 aromatic heterocycles. The Kier molecular flexibility index (Phi) is 11.6. The van der Waals surface area contributed by atoms with E-state index in [2.05, 4.69) is 41.8 Å². The highest BCUT2D eigenvalue weighted by Crippen LogP contribution is 2.26. The van der Waals surface area contributed by atoms with Crippen LogP contribution in [0.15, 0.2) is 48.5 Å². The van der Waals surface area contributed by atoms with E-state index in [0.29, 0.717) is 45.1 Å². The fourth-order valence-electron chi connectivity index (χ4n) is 5.08. The van der Waals surface area contributed by atoms with Gasteiger partial charge in [-0.1, -0.05) is 49.7 Å². The summed E-state index contributed by atoms with van der Waals surface area (Å²) in [6.07, 6.45) is 6.13. The number of likely N-dealkylation sites (N-methyl/N-ethyl adjacent to an activating group) is 1. The first kappa shape index (κ1) is 29.2. The molecule has 38 heavy (non-hydrogen) atoms. The highest BCUT2D eigenvalue weighted by molar-refractivity contribution is 5.91. The molecule has 8 heteroatoms. The second kappa shape index (κ2) is 15.1. The SMILES string of the molecule is CCCc1ccc(CCC[C@H]2C(=O)N[C@H](C(=O)NC)Cc3ccc(cc3)OCCCC[C@@H]2C(=O)NO)cc1. The molecule has 2 heterocycles. The number of carbonyl (C=O) groups is 3. The van der Waals surface area contributed by atoms with Crippen molar-refractivity contribution in [3.8, 4) is 5.75 Å². The zero-order valence-corrected chi connectivity index (χ0v) is 22.5. The highest BCUT2D eigenvalue weighted by atomic mass is 16.5. The summed E-state index contributed by atoms with van der Waals surface area (Å²) in [6.45, 7) is 2.64. The van der Waals surface area contributed by atoms with Crippen molar-refractivity contribution in [3.05, 3.63) is 65.2 Å². The molecular formula is C30H41N3O5. The summed E-state index contributed by atoms with van der Waals surface area (Å²) >= 11 is 0. The monoisotopic (exact) mass is 523 g/mol. The Hall–Kier alpha value is -3.39. The molecule has 3 amide bonds. The maximum atomic E-state index is 13.7. The minimum absolute atomic E-state index is 0.305. The van der Waals surface area contributed by atoms with Crippen LogP contribution in [0.5, 0.6) is 5.75 Å². The lowest BCUT2D eigenvalue weighted by Crippen LogP contribution is -2.51. The smallest absolute Gasteiger partial charge is 0.247 e. The number of fused-ring (bicyclic) bond motifs is 12. The third-order valence-electron chi connectivity index (χ3n) is 7.23. The summed E-state index contributed by atoms with van der Waals surface area (Å²) in [5.74, 6) is -1.93. The van der Waals surface area contributed by atoms with E-state index >= 15 is 0 Å². The molecule has 0 saturated heterocycles. The Morgan fingerprint density at radius 2 is 1.68 bits per heavy atom. The van der Waals surface area contributed by atoms with Crippen molar-refractivity contribution in [2.75, 3.05) is 13.7 Å². The number of ether oxygens (including phenoxy) is 1. The predicted octanol–water partition coefficient (Wildman–Crippen LogP) is 3.74. The molecule has 8 nitrogen and oxygen atoms in total. The van der Waals surface area contributed by atoms with Gasteiger partial charge in [-0.25, -0.2) is 5.48 Å².